The Balaban J connectivity index is 1.13. The van der Waals surface area contributed by atoms with Gasteiger partial charge < -0.3 is 25.0 Å². The number of nitrogens with zero attached hydrogens (tertiary/aromatic N) is 2. The number of halogens is 2. The molecule has 1 saturated carbocycles. The highest BCUT2D eigenvalue weighted by atomic mass is 35.5. The standard InChI is InChI=1S/C30H33ClFN3O3/c31-26-16-21(4-9-28(26)38-25-7-8-25)29(36)27(18-34-11-1-12-34)33-30(37)22-10-13-35(17-22)24-6-3-19-14-23(32)5-2-20(19)15-24/h2-6,9,14-16,22,25,27,29,36H,1,7-8,10-13,17-18H2,(H,33,37)/t22?,27-,29-/m1/s1. The Morgan fingerprint density at radius 1 is 1.05 bits per heavy atom. The maximum Gasteiger partial charge on any atom is 0.225 e. The molecule has 6 rings (SSSR count). The van der Waals surface area contributed by atoms with Gasteiger partial charge in [0.2, 0.25) is 5.91 Å². The molecule has 0 aromatic heterocycles. The second-order valence-electron chi connectivity index (χ2n) is 10.8. The molecule has 1 amide bonds. The van der Waals surface area contributed by atoms with E-state index in [1.165, 1.54) is 12.1 Å². The fourth-order valence-electron chi connectivity index (χ4n) is 5.37. The Bertz CT molecular complexity index is 1330. The molecule has 1 unspecified atom stereocenters. The number of hydrogen-bond acceptors (Lipinski definition) is 5. The average Bonchev–Trinajstić information content (AvgIpc) is 3.57. The van der Waals surface area contributed by atoms with E-state index >= 15 is 0 Å². The molecular formula is C30H33ClFN3O3. The van der Waals surface area contributed by atoms with Gasteiger partial charge in [-0.3, -0.25) is 4.79 Å². The first-order valence-corrected chi connectivity index (χ1v) is 13.9. The topological polar surface area (TPSA) is 65.0 Å². The van der Waals surface area contributed by atoms with Crippen LogP contribution in [0.1, 0.15) is 37.4 Å². The second-order valence-corrected chi connectivity index (χ2v) is 11.2. The van der Waals surface area contributed by atoms with E-state index in [4.69, 9.17) is 16.3 Å². The van der Waals surface area contributed by atoms with Crippen LogP contribution in [-0.2, 0) is 4.79 Å². The predicted octanol–water partition coefficient (Wildman–Crippen LogP) is 4.92. The highest BCUT2D eigenvalue weighted by Crippen LogP contribution is 2.34. The van der Waals surface area contributed by atoms with E-state index in [1.54, 1.807) is 12.1 Å². The third-order valence-electron chi connectivity index (χ3n) is 7.94. The number of carbonyl (C=O) groups is 1. The number of benzene rings is 3. The number of rotatable bonds is 9. The van der Waals surface area contributed by atoms with Crippen molar-refractivity contribution in [3.63, 3.8) is 0 Å². The lowest BCUT2D eigenvalue weighted by Gasteiger charge is -2.36. The van der Waals surface area contributed by atoms with E-state index in [0.717, 1.165) is 61.8 Å². The summed E-state index contributed by atoms with van der Waals surface area (Å²) in [4.78, 5) is 17.9. The van der Waals surface area contributed by atoms with Crippen molar-refractivity contribution in [2.24, 2.45) is 5.92 Å². The summed E-state index contributed by atoms with van der Waals surface area (Å²) in [6.45, 7) is 3.89. The molecule has 2 heterocycles. The van der Waals surface area contributed by atoms with Gasteiger partial charge in [-0.25, -0.2) is 4.39 Å². The first-order chi connectivity index (χ1) is 18.4. The van der Waals surface area contributed by atoms with Crippen molar-refractivity contribution in [2.75, 3.05) is 37.6 Å². The zero-order valence-corrected chi connectivity index (χ0v) is 22.0. The molecule has 6 nitrogen and oxygen atoms in total. The molecule has 3 fully saturated rings. The second kappa shape index (κ2) is 10.7. The summed E-state index contributed by atoms with van der Waals surface area (Å²) in [6, 6.07) is 15.7. The van der Waals surface area contributed by atoms with Crippen molar-refractivity contribution < 1.29 is 19.0 Å². The van der Waals surface area contributed by atoms with Crippen molar-refractivity contribution in [1.29, 1.82) is 0 Å². The van der Waals surface area contributed by atoms with Gasteiger partial charge in [-0.2, -0.15) is 0 Å². The van der Waals surface area contributed by atoms with Crippen molar-refractivity contribution in [2.45, 2.75) is 43.9 Å². The van der Waals surface area contributed by atoms with Crippen molar-refractivity contribution in [3.8, 4) is 5.75 Å². The molecule has 0 spiro atoms. The van der Waals surface area contributed by atoms with Crippen LogP contribution in [0.5, 0.6) is 5.75 Å². The van der Waals surface area contributed by atoms with Gasteiger partial charge in [-0.15, -0.1) is 0 Å². The molecule has 3 aromatic rings. The lowest BCUT2D eigenvalue weighted by molar-refractivity contribution is -0.126. The van der Waals surface area contributed by atoms with Gasteiger partial charge in [0.25, 0.3) is 0 Å². The highest BCUT2D eigenvalue weighted by Gasteiger charge is 2.33. The van der Waals surface area contributed by atoms with Crippen LogP contribution >= 0.6 is 11.6 Å². The minimum atomic E-state index is -0.884. The number of ether oxygens (including phenoxy) is 1. The number of hydrogen-bond donors (Lipinski definition) is 2. The summed E-state index contributed by atoms with van der Waals surface area (Å²) in [5, 5.41) is 16.8. The lowest BCUT2D eigenvalue weighted by Crippen LogP contribution is -2.52. The summed E-state index contributed by atoms with van der Waals surface area (Å²) in [6.07, 6.45) is 3.31. The third kappa shape index (κ3) is 5.60. The monoisotopic (exact) mass is 537 g/mol. The molecule has 2 aliphatic heterocycles. The molecule has 3 atom stereocenters. The number of aliphatic hydroxyl groups excluding tert-OH is 1. The molecule has 2 saturated heterocycles. The number of carbonyl (C=O) groups excluding carboxylic acids is 1. The van der Waals surface area contributed by atoms with Gasteiger partial charge in [0.15, 0.2) is 0 Å². The molecule has 3 aliphatic rings. The summed E-state index contributed by atoms with van der Waals surface area (Å²) >= 11 is 6.46. The Kier molecular flexibility index (Phi) is 7.16. The van der Waals surface area contributed by atoms with E-state index in [9.17, 15) is 14.3 Å². The zero-order chi connectivity index (χ0) is 26.2. The third-order valence-corrected chi connectivity index (χ3v) is 8.23. The zero-order valence-electron chi connectivity index (χ0n) is 21.3. The van der Waals surface area contributed by atoms with Crippen molar-refractivity contribution >= 4 is 34.0 Å². The number of anilines is 1. The first-order valence-electron chi connectivity index (χ1n) is 13.5. The van der Waals surface area contributed by atoms with Crippen LogP contribution in [0.15, 0.2) is 54.6 Å². The van der Waals surface area contributed by atoms with E-state index < -0.39 is 12.1 Å². The van der Waals surface area contributed by atoms with Crippen LogP contribution in [0.3, 0.4) is 0 Å². The minimum Gasteiger partial charge on any atom is -0.489 e. The Morgan fingerprint density at radius 2 is 1.84 bits per heavy atom. The van der Waals surface area contributed by atoms with Gasteiger partial charge in [0, 0.05) is 25.3 Å². The summed E-state index contributed by atoms with van der Waals surface area (Å²) in [5.41, 5.74) is 1.70. The SMILES string of the molecule is O=C(N[C@H](CN1CCC1)[C@H](O)c1ccc(OC2CC2)c(Cl)c1)C1CCN(c2ccc3cc(F)ccc3c2)C1. The maximum absolute atomic E-state index is 13.6. The summed E-state index contributed by atoms with van der Waals surface area (Å²) < 4.78 is 19.4. The predicted molar refractivity (Wildman–Crippen MR) is 147 cm³/mol. The fraction of sp³-hybridized carbons (Fsp3) is 0.433. The molecule has 2 N–H and O–H groups in total. The molecular weight excluding hydrogens is 505 g/mol. The van der Waals surface area contributed by atoms with Crippen molar-refractivity contribution in [1.82, 2.24) is 10.2 Å². The van der Waals surface area contributed by atoms with Crippen molar-refractivity contribution in [3.05, 3.63) is 71.0 Å². The quantitative estimate of drug-likeness (QED) is 0.405. The molecule has 200 valence electrons. The number of aliphatic hydroxyl groups is 1. The van der Waals surface area contributed by atoms with Crippen LogP contribution in [0.2, 0.25) is 5.02 Å². The number of nitrogens with one attached hydrogen (secondary N) is 1. The van der Waals surface area contributed by atoms with Crippen LogP contribution in [0.25, 0.3) is 10.8 Å². The highest BCUT2D eigenvalue weighted by molar-refractivity contribution is 6.32. The molecule has 0 radical (unpaired) electrons. The first kappa shape index (κ1) is 25.4. The Labute approximate surface area is 227 Å². The maximum atomic E-state index is 13.6. The number of amides is 1. The van der Waals surface area contributed by atoms with Gasteiger partial charge in [-0.1, -0.05) is 29.8 Å². The van der Waals surface area contributed by atoms with Crippen LogP contribution in [0.4, 0.5) is 10.1 Å². The molecule has 38 heavy (non-hydrogen) atoms. The smallest absolute Gasteiger partial charge is 0.225 e. The molecule has 1 aliphatic carbocycles. The lowest BCUT2D eigenvalue weighted by atomic mass is 9.99. The van der Waals surface area contributed by atoms with Crippen LogP contribution in [0, 0.1) is 11.7 Å². The minimum absolute atomic E-state index is 0.0419. The normalized spacial score (nSPS) is 21.2. The van der Waals surface area contributed by atoms with E-state index in [1.807, 2.05) is 30.3 Å². The molecule has 0 bridgehead atoms. The Morgan fingerprint density at radius 3 is 2.58 bits per heavy atom. The summed E-state index contributed by atoms with van der Waals surface area (Å²) in [5.74, 6) is 0.170. The van der Waals surface area contributed by atoms with E-state index in [0.29, 0.717) is 29.4 Å². The van der Waals surface area contributed by atoms with Gasteiger partial charge in [-0.05, 0) is 91.5 Å². The van der Waals surface area contributed by atoms with Gasteiger partial charge in [0.05, 0.1) is 23.1 Å². The Hall–Kier alpha value is -2.87. The largest absolute Gasteiger partial charge is 0.489 e. The van der Waals surface area contributed by atoms with Crippen LogP contribution < -0.4 is 15.0 Å². The van der Waals surface area contributed by atoms with Gasteiger partial charge >= 0.3 is 0 Å². The molecule has 8 heteroatoms. The summed E-state index contributed by atoms with van der Waals surface area (Å²) in [7, 11) is 0. The number of fused-ring (bicyclic) bond motifs is 1. The fourth-order valence-corrected chi connectivity index (χ4v) is 5.60. The van der Waals surface area contributed by atoms with Crippen LogP contribution in [-0.4, -0.2) is 60.8 Å². The molecule has 3 aromatic carbocycles. The van der Waals surface area contributed by atoms with E-state index in [2.05, 4.69) is 15.1 Å². The van der Waals surface area contributed by atoms with E-state index in [-0.39, 0.29) is 23.7 Å². The number of likely N-dealkylation sites (tertiary alicyclic amines) is 1. The van der Waals surface area contributed by atoms with Gasteiger partial charge in [0.1, 0.15) is 17.7 Å². The average molecular weight is 538 g/mol.